The molecule has 2 aromatic heterocycles. The zero-order valence-electron chi connectivity index (χ0n) is 8.52. The van der Waals surface area contributed by atoms with Gasteiger partial charge in [0.25, 0.3) is 0 Å². The van der Waals surface area contributed by atoms with Crippen molar-refractivity contribution in [3.63, 3.8) is 0 Å². The Labute approximate surface area is 116 Å². The Kier molecular flexibility index (Phi) is 2.76. The molecule has 3 nitrogen and oxygen atoms in total. The molecule has 2 heterocycles. The number of hydrogen-bond acceptors (Lipinski definition) is 3. The van der Waals surface area contributed by atoms with Crippen molar-refractivity contribution in [1.82, 2.24) is 9.97 Å². The predicted molar refractivity (Wildman–Crippen MR) is 75.0 cm³/mol. The second-order valence-corrected chi connectivity index (χ2v) is 4.92. The average molecular weight is 357 g/mol. The van der Waals surface area contributed by atoms with Crippen molar-refractivity contribution in [2.75, 3.05) is 0 Å². The fraction of sp³-hybridized carbons (Fsp3) is 0. The molecule has 1 aromatic carbocycles. The molecule has 0 aliphatic carbocycles. The fourth-order valence-corrected chi connectivity index (χ4v) is 2.50. The Balaban J connectivity index is 2.28. The molecule has 0 spiro atoms. The van der Waals surface area contributed by atoms with Crippen molar-refractivity contribution >= 4 is 45.4 Å². The Morgan fingerprint density at radius 1 is 1.18 bits per heavy atom. The maximum atomic E-state index is 5.83. The van der Waals surface area contributed by atoms with Gasteiger partial charge in [0.1, 0.15) is 10.7 Å². The van der Waals surface area contributed by atoms with E-state index in [0.717, 1.165) is 14.9 Å². The van der Waals surface area contributed by atoms with Gasteiger partial charge in [0.15, 0.2) is 5.76 Å². The number of benzene rings is 1. The van der Waals surface area contributed by atoms with Gasteiger partial charge in [-0.2, -0.15) is 0 Å². The van der Waals surface area contributed by atoms with Crippen LogP contribution in [0.1, 0.15) is 0 Å². The fourth-order valence-electron chi connectivity index (χ4n) is 1.60. The summed E-state index contributed by atoms with van der Waals surface area (Å²) < 4.78 is 6.63. The number of nitrogens with zero attached hydrogens (tertiary/aromatic N) is 2. The van der Waals surface area contributed by atoms with Gasteiger partial charge in [-0.05, 0) is 22.6 Å². The van der Waals surface area contributed by atoms with Crippen LogP contribution in [-0.4, -0.2) is 9.97 Å². The summed E-state index contributed by atoms with van der Waals surface area (Å²) >= 11 is 8.03. The van der Waals surface area contributed by atoms with E-state index in [-0.39, 0.29) is 0 Å². The number of furan rings is 1. The van der Waals surface area contributed by atoms with Crippen LogP contribution < -0.4 is 0 Å². The first-order valence-electron chi connectivity index (χ1n) is 4.91. The lowest BCUT2D eigenvalue weighted by Crippen LogP contribution is -1.81. The molecule has 5 heteroatoms. The minimum absolute atomic E-state index is 0.371. The van der Waals surface area contributed by atoms with Gasteiger partial charge in [0.2, 0.25) is 5.71 Å². The molecule has 0 amide bonds. The van der Waals surface area contributed by atoms with E-state index in [0.29, 0.717) is 16.4 Å². The largest absolute Gasteiger partial charge is 0.435 e. The quantitative estimate of drug-likeness (QED) is 0.615. The Hall–Kier alpha value is -1.14. The molecule has 84 valence electrons. The standard InChI is InChI=1S/C12H6ClIN2O/c13-8-6-15-12-10(16-8)9(14)11(17-12)7-4-2-1-3-5-7/h1-6H. The summed E-state index contributed by atoms with van der Waals surface area (Å²) in [5.41, 5.74) is 2.22. The van der Waals surface area contributed by atoms with E-state index in [1.54, 1.807) is 0 Å². The van der Waals surface area contributed by atoms with Crippen LogP contribution in [0.5, 0.6) is 0 Å². The normalized spacial score (nSPS) is 10.9. The van der Waals surface area contributed by atoms with Crippen LogP contribution in [-0.2, 0) is 0 Å². The lowest BCUT2D eigenvalue weighted by Gasteiger charge is -1.95. The SMILES string of the molecule is Clc1cnc2oc(-c3ccccc3)c(I)c2n1. The molecule has 17 heavy (non-hydrogen) atoms. The maximum Gasteiger partial charge on any atom is 0.246 e. The third kappa shape index (κ3) is 1.91. The Morgan fingerprint density at radius 3 is 2.71 bits per heavy atom. The lowest BCUT2D eigenvalue weighted by atomic mass is 10.2. The minimum atomic E-state index is 0.371. The first-order chi connectivity index (χ1) is 8.25. The molecule has 0 atom stereocenters. The highest BCUT2D eigenvalue weighted by Crippen LogP contribution is 2.32. The van der Waals surface area contributed by atoms with Crippen molar-refractivity contribution < 1.29 is 4.42 Å². The highest BCUT2D eigenvalue weighted by molar-refractivity contribution is 14.1. The van der Waals surface area contributed by atoms with Gasteiger partial charge >= 0.3 is 0 Å². The summed E-state index contributed by atoms with van der Waals surface area (Å²) in [6, 6.07) is 9.87. The summed E-state index contributed by atoms with van der Waals surface area (Å²) in [5.74, 6) is 0.781. The molecule has 0 aliphatic rings. The molecular weight excluding hydrogens is 351 g/mol. The molecule has 0 fully saturated rings. The second-order valence-electron chi connectivity index (χ2n) is 3.46. The van der Waals surface area contributed by atoms with E-state index in [2.05, 4.69) is 32.6 Å². The van der Waals surface area contributed by atoms with Crippen LogP contribution in [0.4, 0.5) is 0 Å². The van der Waals surface area contributed by atoms with Gasteiger partial charge in [-0.3, -0.25) is 0 Å². The van der Waals surface area contributed by atoms with E-state index < -0.39 is 0 Å². The number of rotatable bonds is 1. The molecule has 0 saturated heterocycles. The molecule has 0 aliphatic heterocycles. The van der Waals surface area contributed by atoms with Crippen molar-refractivity contribution in [1.29, 1.82) is 0 Å². The second kappa shape index (κ2) is 4.27. The van der Waals surface area contributed by atoms with E-state index >= 15 is 0 Å². The van der Waals surface area contributed by atoms with Crippen LogP contribution in [0.15, 0.2) is 40.9 Å². The molecule has 0 saturated carbocycles. The van der Waals surface area contributed by atoms with E-state index in [1.165, 1.54) is 6.20 Å². The number of hydrogen-bond donors (Lipinski definition) is 0. The van der Waals surface area contributed by atoms with Crippen LogP contribution in [0.25, 0.3) is 22.6 Å². The molecule has 0 radical (unpaired) electrons. The average Bonchev–Trinajstić information content (AvgIpc) is 2.68. The lowest BCUT2D eigenvalue weighted by molar-refractivity contribution is 0.616. The molecule has 0 N–H and O–H groups in total. The number of fused-ring (bicyclic) bond motifs is 1. The van der Waals surface area contributed by atoms with Gasteiger partial charge in [0, 0.05) is 5.56 Å². The smallest absolute Gasteiger partial charge is 0.246 e. The van der Waals surface area contributed by atoms with Gasteiger partial charge < -0.3 is 4.42 Å². The summed E-state index contributed by atoms with van der Waals surface area (Å²) in [6.45, 7) is 0. The molecule has 0 bridgehead atoms. The van der Waals surface area contributed by atoms with E-state index in [1.807, 2.05) is 30.3 Å². The Morgan fingerprint density at radius 2 is 1.94 bits per heavy atom. The van der Waals surface area contributed by atoms with Crippen LogP contribution in [0, 0.1) is 3.57 Å². The first kappa shape index (κ1) is 11.0. The molecule has 3 aromatic rings. The van der Waals surface area contributed by atoms with Gasteiger partial charge in [0.05, 0.1) is 9.77 Å². The third-order valence-electron chi connectivity index (χ3n) is 2.35. The third-order valence-corrected chi connectivity index (χ3v) is 3.53. The summed E-state index contributed by atoms with van der Waals surface area (Å²) in [4.78, 5) is 8.34. The zero-order chi connectivity index (χ0) is 11.8. The van der Waals surface area contributed by atoms with Crippen LogP contribution in [0.3, 0.4) is 0 Å². The van der Waals surface area contributed by atoms with Gasteiger partial charge in [-0.25, -0.2) is 9.97 Å². The van der Waals surface area contributed by atoms with Crippen LogP contribution in [0.2, 0.25) is 5.15 Å². The van der Waals surface area contributed by atoms with Gasteiger partial charge in [-0.1, -0.05) is 41.9 Å². The van der Waals surface area contributed by atoms with E-state index in [4.69, 9.17) is 16.0 Å². The summed E-state index contributed by atoms with van der Waals surface area (Å²) in [5, 5.41) is 0.371. The summed E-state index contributed by atoms with van der Waals surface area (Å²) in [6.07, 6.45) is 1.48. The van der Waals surface area contributed by atoms with Crippen LogP contribution >= 0.6 is 34.2 Å². The minimum Gasteiger partial charge on any atom is -0.435 e. The Bertz CT molecular complexity index is 682. The molecule has 3 rings (SSSR count). The highest BCUT2D eigenvalue weighted by atomic mass is 127. The highest BCUT2D eigenvalue weighted by Gasteiger charge is 2.15. The maximum absolute atomic E-state index is 5.83. The molecular formula is C12H6ClIN2O. The van der Waals surface area contributed by atoms with E-state index in [9.17, 15) is 0 Å². The predicted octanol–water partition coefficient (Wildman–Crippen LogP) is 4.15. The number of aromatic nitrogens is 2. The zero-order valence-corrected chi connectivity index (χ0v) is 11.4. The monoisotopic (exact) mass is 356 g/mol. The topological polar surface area (TPSA) is 38.9 Å². The van der Waals surface area contributed by atoms with Gasteiger partial charge in [-0.15, -0.1) is 0 Å². The molecule has 0 unspecified atom stereocenters. The summed E-state index contributed by atoms with van der Waals surface area (Å²) in [7, 11) is 0. The number of halogens is 2. The van der Waals surface area contributed by atoms with Crippen molar-refractivity contribution in [2.24, 2.45) is 0 Å². The van der Waals surface area contributed by atoms with Crippen molar-refractivity contribution in [3.8, 4) is 11.3 Å². The first-order valence-corrected chi connectivity index (χ1v) is 6.37. The van der Waals surface area contributed by atoms with Crippen molar-refractivity contribution in [3.05, 3.63) is 45.3 Å². The van der Waals surface area contributed by atoms with Crippen molar-refractivity contribution in [2.45, 2.75) is 0 Å².